The van der Waals surface area contributed by atoms with E-state index in [0.29, 0.717) is 34.9 Å². The second-order valence-corrected chi connectivity index (χ2v) is 10.0. The molecule has 1 saturated heterocycles. The molecule has 1 radical (unpaired) electrons. The van der Waals surface area contributed by atoms with Gasteiger partial charge in [-0.25, -0.2) is 0 Å². The third-order valence-corrected chi connectivity index (χ3v) is 8.36. The van der Waals surface area contributed by atoms with Crippen molar-refractivity contribution in [3.05, 3.63) is 48.0 Å². The molecule has 1 saturated carbocycles. The van der Waals surface area contributed by atoms with Crippen LogP contribution in [-0.2, 0) is 16.0 Å². The fourth-order valence-electron chi connectivity index (χ4n) is 3.83. The van der Waals surface area contributed by atoms with Crippen LogP contribution in [0.4, 0.5) is 0 Å². The van der Waals surface area contributed by atoms with Gasteiger partial charge in [0.2, 0.25) is 0 Å². The normalized spacial score (nSPS) is 30.6. The van der Waals surface area contributed by atoms with Crippen LogP contribution in [0.15, 0.2) is 42.5 Å². The standard InChI is InChI=1S/C18H24BO4P2/c20-13(7-6-12-4-2-1-3-5-12)8-9-14-15-10-18(21)23-16(15)11-17(14)24-25-19-22/h1-5,8-9,13-17,20,22,24-25H,6-7,10-11H2/b9-8+/t13-,14+,15+,16-,17+/m0/s1. The summed E-state index contributed by atoms with van der Waals surface area (Å²) < 4.78 is 5.44. The molecule has 0 amide bonds. The van der Waals surface area contributed by atoms with Crippen LogP contribution < -0.4 is 0 Å². The third kappa shape index (κ3) is 5.14. The molecule has 7 heteroatoms. The molecule has 25 heavy (non-hydrogen) atoms. The fourth-order valence-corrected chi connectivity index (χ4v) is 6.82. The second-order valence-electron chi connectivity index (χ2n) is 6.71. The summed E-state index contributed by atoms with van der Waals surface area (Å²) in [7, 11) is 2.33. The quantitative estimate of drug-likeness (QED) is 0.317. The topological polar surface area (TPSA) is 66.8 Å². The Morgan fingerprint density at radius 1 is 1.36 bits per heavy atom. The number of benzene rings is 1. The van der Waals surface area contributed by atoms with E-state index in [0.717, 1.165) is 12.8 Å². The Hall–Kier alpha value is -0.725. The minimum absolute atomic E-state index is 0.0182. The van der Waals surface area contributed by atoms with Crippen LogP contribution >= 0.6 is 16.4 Å². The Labute approximate surface area is 153 Å². The molecule has 1 aliphatic heterocycles. The van der Waals surface area contributed by atoms with Crippen LogP contribution in [-0.4, -0.2) is 41.2 Å². The predicted molar refractivity (Wildman–Crippen MR) is 104 cm³/mol. The van der Waals surface area contributed by atoms with Gasteiger partial charge in [-0.1, -0.05) is 42.5 Å². The lowest BCUT2D eigenvalue weighted by Gasteiger charge is -2.19. The highest BCUT2D eigenvalue weighted by molar-refractivity contribution is 8.24. The summed E-state index contributed by atoms with van der Waals surface area (Å²) in [6.45, 7) is 0. The number of hydrogen-bond donors (Lipinski definition) is 2. The monoisotopic (exact) mass is 377 g/mol. The highest BCUT2D eigenvalue weighted by atomic mass is 32.0. The molecule has 1 aliphatic carbocycles. The summed E-state index contributed by atoms with van der Waals surface area (Å²) in [4.78, 5) is 11.6. The summed E-state index contributed by atoms with van der Waals surface area (Å²) in [6, 6.07) is 10.2. The van der Waals surface area contributed by atoms with Crippen molar-refractivity contribution >= 4 is 29.6 Å². The van der Waals surface area contributed by atoms with Gasteiger partial charge >= 0.3 is 13.2 Å². The number of ether oxygens (including phenoxy) is 1. The zero-order chi connectivity index (χ0) is 17.6. The fraction of sp³-hybridized carbons (Fsp3) is 0.500. The maximum atomic E-state index is 11.6. The minimum Gasteiger partial charge on any atom is -0.462 e. The van der Waals surface area contributed by atoms with Crippen molar-refractivity contribution in [2.75, 3.05) is 0 Å². The lowest BCUT2D eigenvalue weighted by atomic mass is 9.92. The van der Waals surface area contributed by atoms with Crippen molar-refractivity contribution in [3.63, 3.8) is 0 Å². The lowest BCUT2D eigenvalue weighted by Crippen LogP contribution is -2.16. The van der Waals surface area contributed by atoms with Crippen LogP contribution in [0.3, 0.4) is 0 Å². The average molecular weight is 377 g/mol. The van der Waals surface area contributed by atoms with Crippen molar-refractivity contribution in [3.8, 4) is 0 Å². The van der Waals surface area contributed by atoms with Gasteiger partial charge in [-0.15, -0.1) is 16.4 Å². The maximum Gasteiger partial charge on any atom is 0.322 e. The molecule has 1 aromatic rings. The van der Waals surface area contributed by atoms with Crippen LogP contribution in [0, 0.1) is 11.8 Å². The summed E-state index contributed by atoms with van der Waals surface area (Å²) >= 11 is 0. The first kappa shape index (κ1) is 19.0. The second kappa shape index (κ2) is 9.28. The molecule has 4 nitrogen and oxygen atoms in total. The average Bonchev–Trinajstić information content (AvgIpc) is 3.13. The molecule has 1 heterocycles. The van der Waals surface area contributed by atoms with Crippen molar-refractivity contribution in [1.29, 1.82) is 0 Å². The number of fused-ring (bicyclic) bond motifs is 1. The van der Waals surface area contributed by atoms with E-state index in [9.17, 15) is 9.90 Å². The Bertz CT molecular complexity index is 598. The number of hydrogen-bond acceptors (Lipinski definition) is 4. The van der Waals surface area contributed by atoms with Crippen LogP contribution in [0.25, 0.3) is 0 Å². The molecule has 1 aromatic carbocycles. The number of aryl methyl sites for hydroxylation is 1. The van der Waals surface area contributed by atoms with Gasteiger partial charge in [0.25, 0.3) is 0 Å². The number of rotatable bonds is 8. The van der Waals surface area contributed by atoms with E-state index in [-0.39, 0.29) is 23.9 Å². The molecule has 2 N–H and O–H groups in total. The van der Waals surface area contributed by atoms with Gasteiger partial charge in [0, 0.05) is 5.92 Å². The number of aliphatic hydroxyl groups excluding tert-OH is 1. The number of carbonyl (C=O) groups excluding carboxylic acids is 1. The molecule has 7 atom stereocenters. The molecule has 133 valence electrons. The molecular weight excluding hydrogens is 353 g/mol. The number of carbonyl (C=O) groups is 1. The third-order valence-electron chi connectivity index (χ3n) is 5.07. The number of allylic oxidation sites excluding steroid dienone is 1. The summed E-state index contributed by atoms with van der Waals surface area (Å²) in [5.41, 5.74) is 1.66. The predicted octanol–water partition coefficient (Wildman–Crippen LogP) is 2.66. The van der Waals surface area contributed by atoms with Gasteiger partial charge in [0.15, 0.2) is 0 Å². The molecule has 0 bridgehead atoms. The van der Waals surface area contributed by atoms with Crippen molar-refractivity contribution in [2.24, 2.45) is 11.8 Å². The summed E-state index contributed by atoms with van der Waals surface area (Å²) in [6.07, 6.45) is 6.42. The summed E-state index contributed by atoms with van der Waals surface area (Å²) in [5, 5.41) is 19.3. The van der Waals surface area contributed by atoms with Crippen LogP contribution in [0.5, 0.6) is 0 Å². The number of esters is 1. The van der Waals surface area contributed by atoms with E-state index >= 15 is 0 Å². The van der Waals surface area contributed by atoms with Gasteiger partial charge in [-0.2, -0.15) is 0 Å². The van der Waals surface area contributed by atoms with Gasteiger partial charge in [-0.05, 0) is 36.4 Å². The van der Waals surface area contributed by atoms with E-state index in [2.05, 4.69) is 18.2 Å². The lowest BCUT2D eigenvalue weighted by molar-refractivity contribution is -0.141. The van der Waals surface area contributed by atoms with E-state index < -0.39 is 6.10 Å². The van der Waals surface area contributed by atoms with E-state index in [4.69, 9.17) is 9.76 Å². The van der Waals surface area contributed by atoms with Gasteiger partial charge in [0.1, 0.15) is 6.10 Å². The maximum absolute atomic E-state index is 11.6. The first-order chi connectivity index (χ1) is 12.2. The molecule has 2 unspecified atom stereocenters. The Balaban J connectivity index is 1.57. The molecule has 0 aromatic heterocycles. The zero-order valence-electron chi connectivity index (χ0n) is 14.0. The van der Waals surface area contributed by atoms with Crippen LogP contribution in [0.1, 0.15) is 24.8 Å². The van der Waals surface area contributed by atoms with Gasteiger partial charge in [0.05, 0.1) is 12.5 Å². The zero-order valence-corrected chi connectivity index (χ0v) is 16.0. The van der Waals surface area contributed by atoms with Crippen LogP contribution in [0.2, 0.25) is 0 Å². The highest BCUT2D eigenvalue weighted by Gasteiger charge is 2.48. The SMILES string of the molecule is O=C1C[C@@H]2[C@@H](/C=C/[C@@H](O)CCc3ccccc3)[C@H](PP[B]O)C[C@@H]2O1. The van der Waals surface area contributed by atoms with E-state index in [1.165, 1.54) is 12.8 Å². The molecule has 3 rings (SSSR count). The summed E-state index contributed by atoms with van der Waals surface area (Å²) in [5.74, 6) is 0.385. The van der Waals surface area contributed by atoms with Crippen molar-refractivity contribution < 1.29 is 19.7 Å². The molecular formula is C18H24BO4P2. The van der Waals surface area contributed by atoms with Crippen molar-refractivity contribution in [2.45, 2.75) is 43.6 Å². The Morgan fingerprint density at radius 3 is 2.92 bits per heavy atom. The molecule has 0 spiro atoms. The van der Waals surface area contributed by atoms with Crippen molar-refractivity contribution in [1.82, 2.24) is 0 Å². The van der Waals surface area contributed by atoms with E-state index in [1.54, 1.807) is 0 Å². The van der Waals surface area contributed by atoms with Gasteiger partial charge < -0.3 is 14.9 Å². The largest absolute Gasteiger partial charge is 0.462 e. The molecule has 2 fully saturated rings. The highest BCUT2D eigenvalue weighted by Crippen LogP contribution is 2.54. The molecule has 2 aliphatic rings. The van der Waals surface area contributed by atoms with Gasteiger partial charge in [-0.3, -0.25) is 4.79 Å². The minimum atomic E-state index is -0.479. The smallest absolute Gasteiger partial charge is 0.322 e. The first-order valence-corrected chi connectivity index (χ1v) is 11.9. The number of aliphatic hydroxyl groups is 1. The van der Waals surface area contributed by atoms with E-state index in [1.807, 2.05) is 24.3 Å². The Kier molecular flexibility index (Phi) is 7.07. The first-order valence-electron chi connectivity index (χ1n) is 8.74. The Morgan fingerprint density at radius 2 is 2.16 bits per heavy atom.